The first-order chi connectivity index (χ1) is 11.7. The second-order valence-electron chi connectivity index (χ2n) is 5.69. The van der Waals surface area contributed by atoms with E-state index < -0.39 is 5.82 Å². The molecule has 24 heavy (non-hydrogen) atoms. The first-order valence-corrected chi connectivity index (χ1v) is 7.99. The summed E-state index contributed by atoms with van der Waals surface area (Å²) < 4.78 is 18.9. The van der Waals surface area contributed by atoms with Gasteiger partial charge in [-0.15, -0.1) is 0 Å². The second-order valence-corrected chi connectivity index (χ2v) is 5.69. The summed E-state index contributed by atoms with van der Waals surface area (Å²) in [4.78, 5) is 18.5. The molecule has 0 unspecified atom stereocenters. The predicted molar refractivity (Wildman–Crippen MR) is 89.4 cm³/mol. The lowest BCUT2D eigenvalue weighted by atomic mass is 10.1. The minimum absolute atomic E-state index is 0.0109. The van der Waals surface area contributed by atoms with Crippen LogP contribution in [0, 0.1) is 5.82 Å². The zero-order valence-corrected chi connectivity index (χ0v) is 13.5. The topological polar surface area (TPSA) is 54.5 Å². The molecule has 1 aliphatic heterocycles. The maximum Gasteiger partial charge on any atom is 0.261 e. The molecule has 0 spiro atoms. The van der Waals surface area contributed by atoms with E-state index in [1.165, 1.54) is 12.1 Å². The number of ether oxygens (including phenoxy) is 1. The molecule has 2 heterocycles. The van der Waals surface area contributed by atoms with Crippen LogP contribution in [-0.2, 0) is 4.79 Å². The summed E-state index contributed by atoms with van der Waals surface area (Å²) in [6, 6.07) is 9.99. The molecular formula is C18H20FN3O2. The van der Waals surface area contributed by atoms with Crippen LogP contribution in [0.25, 0.3) is 0 Å². The average Bonchev–Trinajstić information content (AvgIpc) is 3.11. The van der Waals surface area contributed by atoms with Crippen molar-refractivity contribution in [3.63, 3.8) is 0 Å². The first kappa shape index (κ1) is 16.2. The van der Waals surface area contributed by atoms with Gasteiger partial charge >= 0.3 is 0 Å². The van der Waals surface area contributed by atoms with Crippen LogP contribution in [0.1, 0.15) is 24.4 Å². The van der Waals surface area contributed by atoms with Crippen molar-refractivity contribution in [3.05, 3.63) is 54.0 Å². The van der Waals surface area contributed by atoms with Crippen molar-refractivity contribution in [1.29, 1.82) is 0 Å². The molecule has 1 N–H and O–H groups in total. The second kappa shape index (κ2) is 7.29. The van der Waals surface area contributed by atoms with Gasteiger partial charge in [0.2, 0.25) is 0 Å². The highest BCUT2D eigenvalue weighted by Gasteiger charge is 2.30. The Morgan fingerprint density at radius 2 is 2.25 bits per heavy atom. The summed E-state index contributed by atoms with van der Waals surface area (Å²) in [7, 11) is 1.81. The zero-order valence-electron chi connectivity index (χ0n) is 13.5. The van der Waals surface area contributed by atoms with Gasteiger partial charge in [0.1, 0.15) is 5.82 Å². The Bertz CT molecular complexity index is 723. The number of benzene rings is 1. The van der Waals surface area contributed by atoms with E-state index in [-0.39, 0.29) is 24.3 Å². The number of halogens is 1. The Labute approximate surface area is 140 Å². The van der Waals surface area contributed by atoms with Gasteiger partial charge in [0.25, 0.3) is 5.91 Å². The van der Waals surface area contributed by atoms with E-state index in [0.29, 0.717) is 6.54 Å². The van der Waals surface area contributed by atoms with Gasteiger partial charge in [0.05, 0.1) is 6.04 Å². The van der Waals surface area contributed by atoms with Gasteiger partial charge in [-0.25, -0.2) is 9.37 Å². The monoisotopic (exact) mass is 329 g/mol. The highest BCUT2D eigenvalue weighted by molar-refractivity contribution is 5.78. The Kier molecular flexibility index (Phi) is 4.93. The Morgan fingerprint density at radius 3 is 3.04 bits per heavy atom. The Morgan fingerprint density at radius 1 is 1.42 bits per heavy atom. The van der Waals surface area contributed by atoms with Crippen molar-refractivity contribution in [1.82, 2.24) is 9.88 Å². The lowest BCUT2D eigenvalue weighted by Gasteiger charge is -2.25. The fourth-order valence-corrected chi connectivity index (χ4v) is 2.99. The molecule has 2 aromatic rings. The smallest absolute Gasteiger partial charge is 0.261 e. The van der Waals surface area contributed by atoms with E-state index >= 15 is 0 Å². The predicted octanol–water partition coefficient (Wildman–Crippen LogP) is 3.00. The average molecular weight is 329 g/mol. The lowest BCUT2D eigenvalue weighted by Crippen LogP contribution is -2.34. The minimum atomic E-state index is -0.462. The quantitative estimate of drug-likeness (QED) is 0.916. The number of rotatable bonds is 5. The first-order valence-electron chi connectivity index (χ1n) is 7.99. The highest BCUT2D eigenvalue weighted by atomic mass is 19.1. The number of nitrogens with zero attached hydrogens (tertiary/aromatic N) is 2. The molecule has 126 valence electrons. The molecule has 0 saturated carbocycles. The standard InChI is InChI=1S/C18H20FN3O2/c1-20-17-11-13(8-9-21-17)15-6-4-10-22(15)18(23)12-24-16-7-3-2-5-14(16)19/h2-3,5,7-9,11,15H,4,6,10,12H2,1H3,(H,20,21)/t15-/m0/s1. The summed E-state index contributed by atoms with van der Waals surface area (Å²) >= 11 is 0. The molecule has 1 amide bonds. The number of aromatic nitrogens is 1. The van der Waals surface area contributed by atoms with Crippen LogP contribution in [-0.4, -0.2) is 36.0 Å². The summed E-state index contributed by atoms with van der Waals surface area (Å²) in [5.41, 5.74) is 1.05. The van der Waals surface area contributed by atoms with Crippen molar-refractivity contribution in [2.45, 2.75) is 18.9 Å². The van der Waals surface area contributed by atoms with Crippen molar-refractivity contribution >= 4 is 11.7 Å². The number of anilines is 1. The van der Waals surface area contributed by atoms with E-state index in [0.717, 1.165) is 24.2 Å². The number of pyridine rings is 1. The summed E-state index contributed by atoms with van der Waals surface area (Å²) in [6.07, 6.45) is 3.57. The maximum absolute atomic E-state index is 13.6. The van der Waals surface area contributed by atoms with Gasteiger partial charge in [0.15, 0.2) is 18.2 Å². The molecule has 1 fully saturated rings. The number of likely N-dealkylation sites (tertiary alicyclic amines) is 1. The van der Waals surface area contributed by atoms with Crippen LogP contribution in [0.3, 0.4) is 0 Å². The number of hydrogen-bond acceptors (Lipinski definition) is 4. The van der Waals surface area contributed by atoms with Gasteiger partial charge in [-0.3, -0.25) is 4.79 Å². The number of carbonyl (C=O) groups excluding carboxylic acids is 1. The molecule has 5 nitrogen and oxygen atoms in total. The largest absolute Gasteiger partial charge is 0.481 e. The van der Waals surface area contributed by atoms with Crippen LogP contribution in [0.15, 0.2) is 42.6 Å². The van der Waals surface area contributed by atoms with Gasteiger partial charge < -0.3 is 15.0 Å². The fraction of sp³-hybridized carbons (Fsp3) is 0.333. The van der Waals surface area contributed by atoms with E-state index in [9.17, 15) is 9.18 Å². The molecule has 0 aliphatic carbocycles. The molecule has 0 bridgehead atoms. The van der Waals surface area contributed by atoms with E-state index in [1.807, 2.05) is 19.2 Å². The van der Waals surface area contributed by atoms with Gasteiger partial charge in [0, 0.05) is 19.8 Å². The summed E-state index contributed by atoms with van der Waals surface area (Å²) in [5.74, 6) is 0.275. The number of nitrogens with one attached hydrogen (secondary N) is 1. The van der Waals surface area contributed by atoms with Crippen LogP contribution >= 0.6 is 0 Å². The van der Waals surface area contributed by atoms with Crippen molar-refractivity contribution < 1.29 is 13.9 Å². The third kappa shape index (κ3) is 3.48. The number of hydrogen-bond donors (Lipinski definition) is 1. The van der Waals surface area contributed by atoms with Crippen molar-refractivity contribution in [3.8, 4) is 5.75 Å². The Hall–Kier alpha value is -2.63. The van der Waals surface area contributed by atoms with Gasteiger partial charge in [-0.05, 0) is 42.7 Å². The van der Waals surface area contributed by atoms with Gasteiger partial charge in [-0.2, -0.15) is 0 Å². The molecule has 1 saturated heterocycles. The molecule has 1 aromatic carbocycles. The van der Waals surface area contributed by atoms with Crippen molar-refractivity contribution in [2.75, 3.05) is 25.5 Å². The number of para-hydroxylation sites is 1. The molecule has 1 aromatic heterocycles. The molecule has 1 aliphatic rings. The van der Waals surface area contributed by atoms with E-state index in [4.69, 9.17) is 4.74 Å². The fourth-order valence-electron chi connectivity index (χ4n) is 2.99. The molecular weight excluding hydrogens is 309 g/mol. The molecule has 1 atom stereocenters. The van der Waals surface area contributed by atoms with Crippen LogP contribution in [0.2, 0.25) is 0 Å². The lowest BCUT2D eigenvalue weighted by molar-refractivity contribution is -0.134. The normalized spacial score (nSPS) is 16.9. The molecule has 0 radical (unpaired) electrons. The number of amides is 1. The minimum Gasteiger partial charge on any atom is -0.481 e. The zero-order chi connectivity index (χ0) is 16.9. The third-order valence-corrected chi connectivity index (χ3v) is 4.19. The van der Waals surface area contributed by atoms with Crippen molar-refractivity contribution in [2.24, 2.45) is 0 Å². The van der Waals surface area contributed by atoms with Gasteiger partial charge in [-0.1, -0.05) is 12.1 Å². The Balaban J connectivity index is 1.68. The van der Waals surface area contributed by atoms with Crippen LogP contribution < -0.4 is 10.1 Å². The van der Waals surface area contributed by atoms with E-state index in [2.05, 4.69) is 10.3 Å². The van der Waals surface area contributed by atoms with Crippen LogP contribution in [0.4, 0.5) is 10.2 Å². The third-order valence-electron chi connectivity index (χ3n) is 4.19. The molecule has 3 rings (SSSR count). The number of carbonyl (C=O) groups is 1. The SMILES string of the molecule is CNc1cc([C@@H]2CCCN2C(=O)COc2ccccc2F)ccn1. The summed E-state index contributed by atoms with van der Waals surface area (Å²) in [5, 5.41) is 3.01. The highest BCUT2D eigenvalue weighted by Crippen LogP contribution is 2.32. The van der Waals surface area contributed by atoms with E-state index in [1.54, 1.807) is 23.2 Å². The summed E-state index contributed by atoms with van der Waals surface area (Å²) in [6.45, 7) is 0.517. The maximum atomic E-state index is 13.6. The van der Waals surface area contributed by atoms with Crippen LogP contribution in [0.5, 0.6) is 5.75 Å². The molecule has 6 heteroatoms.